The standard InChI is InChI=1S/C9H15Cl2N/c1-8-3-4-9(11)7-12(8)6-2-5-10/h2,5,8-9H,3-4,6-7H2,1H3/b5-2+. The van der Waals surface area contributed by atoms with Gasteiger partial charge in [0.15, 0.2) is 0 Å². The minimum absolute atomic E-state index is 0.324. The maximum absolute atomic E-state index is 6.06. The van der Waals surface area contributed by atoms with E-state index in [9.17, 15) is 0 Å². The van der Waals surface area contributed by atoms with Gasteiger partial charge in [-0.2, -0.15) is 0 Å². The lowest BCUT2D eigenvalue weighted by molar-refractivity contribution is 0.182. The van der Waals surface area contributed by atoms with Crippen molar-refractivity contribution >= 4 is 23.2 Å². The van der Waals surface area contributed by atoms with Crippen LogP contribution < -0.4 is 0 Å². The molecule has 2 atom stereocenters. The molecule has 1 nitrogen and oxygen atoms in total. The number of alkyl halides is 1. The SMILES string of the molecule is CC1CCC(Cl)CN1C/C=C/Cl. The maximum Gasteiger partial charge on any atom is 0.0464 e. The molecule has 0 aromatic carbocycles. The van der Waals surface area contributed by atoms with Gasteiger partial charge in [-0.05, 0) is 19.8 Å². The third kappa shape index (κ3) is 2.96. The molecule has 1 aliphatic heterocycles. The summed E-state index contributed by atoms with van der Waals surface area (Å²) in [6, 6.07) is 0.646. The van der Waals surface area contributed by atoms with Crippen molar-refractivity contribution in [2.24, 2.45) is 0 Å². The van der Waals surface area contributed by atoms with Crippen LogP contribution in [0.2, 0.25) is 0 Å². The van der Waals surface area contributed by atoms with E-state index < -0.39 is 0 Å². The molecule has 0 bridgehead atoms. The fourth-order valence-electron chi connectivity index (χ4n) is 1.56. The summed E-state index contributed by atoms with van der Waals surface area (Å²) < 4.78 is 0. The Morgan fingerprint density at radius 2 is 2.25 bits per heavy atom. The molecule has 0 radical (unpaired) electrons. The van der Waals surface area contributed by atoms with Crippen molar-refractivity contribution in [1.82, 2.24) is 4.90 Å². The molecule has 1 fully saturated rings. The topological polar surface area (TPSA) is 3.24 Å². The Kier molecular flexibility index (Phi) is 4.41. The van der Waals surface area contributed by atoms with E-state index >= 15 is 0 Å². The van der Waals surface area contributed by atoms with Crippen LogP contribution in [0.1, 0.15) is 19.8 Å². The van der Waals surface area contributed by atoms with Gasteiger partial charge in [0.1, 0.15) is 0 Å². The second-order valence-electron chi connectivity index (χ2n) is 3.34. The van der Waals surface area contributed by atoms with Crippen LogP contribution in [0.25, 0.3) is 0 Å². The Bertz CT molecular complexity index is 159. The van der Waals surface area contributed by atoms with Crippen LogP contribution in [0, 0.1) is 0 Å². The minimum atomic E-state index is 0.324. The molecule has 0 aromatic rings. The second-order valence-corrected chi connectivity index (χ2v) is 4.21. The number of rotatable bonds is 2. The van der Waals surface area contributed by atoms with E-state index in [-0.39, 0.29) is 0 Å². The average Bonchev–Trinajstić information content (AvgIpc) is 2.07. The van der Waals surface area contributed by atoms with Crippen LogP contribution in [-0.2, 0) is 0 Å². The van der Waals surface area contributed by atoms with Crippen molar-refractivity contribution in [1.29, 1.82) is 0 Å². The van der Waals surface area contributed by atoms with Crippen LogP contribution >= 0.6 is 23.2 Å². The maximum atomic E-state index is 6.06. The van der Waals surface area contributed by atoms with Gasteiger partial charge in [-0.1, -0.05) is 17.7 Å². The van der Waals surface area contributed by atoms with E-state index in [0.717, 1.165) is 19.5 Å². The molecule has 12 heavy (non-hydrogen) atoms. The third-order valence-electron chi connectivity index (χ3n) is 2.38. The fourth-order valence-corrected chi connectivity index (χ4v) is 1.94. The molecule has 1 saturated heterocycles. The van der Waals surface area contributed by atoms with E-state index in [1.165, 1.54) is 6.42 Å². The summed E-state index contributed by atoms with van der Waals surface area (Å²) in [5.41, 5.74) is 1.57. The number of piperidine rings is 1. The summed E-state index contributed by atoms with van der Waals surface area (Å²) in [7, 11) is 0. The summed E-state index contributed by atoms with van der Waals surface area (Å²) in [4.78, 5) is 2.36. The second kappa shape index (κ2) is 5.11. The molecule has 0 aliphatic carbocycles. The quantitative estimate of drug-likeness (QED) is 0.630. The average molecular weight is 208 g/mol. The minimum Gasteiger partial charge on any atom is -0.296 e. The molecule has 0 N–H and O–H groups in total. The van der Waals surface area contributed by atoms with Crippen LogP contribution in [0.5, 0.6) is 0 Å². The number of hydrogen-bond acceptors (Lipinski definition) is 1. The highest BCUT2D eigenvalue weighted by Crippen LogP contribution is 2.20. The first-order chi connectivity index (χ1) is 5.74. The Morgan fingerprint density at radius 1 is 1.50 bits per heavy atom. The largest absolute Gasteiger partial charge is 0.296 e. The summed E-state index contributed by atoms with van der Waals surface area (Å²) in [6.45, 7) is 4.16. The molecule has 70 valence electrons. The molecule has 0 saturated carbocycles. The Labute approximate surface area is 84.3 Å². The Hall–Kier alpha value is 0.280. The van der Waals surface area contributed by atoms with Crippen LogP contribution in [-0.4, -0.2) is 29.4 Å². The molecule has 1 heterocycles. The van der Waals surface area contributed by atoms with Gasteiger partial charge in [0.25, 0.3) is 0 Å². The third-order valence-corrected chi connectivity index (χ3v) is 2.92. The van der Waals surface area contributed by atoms with E-state index in [2.05, 4.69) is 11.8 Å². The lowest BCUT2D eigenvalue weighted by Crippen LogP contribution is -2.42. The molecule has 0 aromatic heterocycles. The van der Waals surface area contributed by atoms with Crippen LogP contribution in [0.15, 0.2) is 11.6 Å². The van der Waals surface area contributed by atoms with E-state index in [1.54, 1.807) is 5.54 Å². The first kappa shape index (κ1) is 10.4. The van der Waals surface area contributed by atoms with Gasteiger partial charge in [0, 0.05) is 30.0 Å². The molecule has 0 amide bonds. The Balaban J connectivity index is 2.38. The van der Waals surface area contributed by atoms with E-state index in [0.29, 0.717) is 11.4 Å². The normalized spacial score (nSPS) is 32.9. The molecule has 2 unspecified atom stereocenters. The van der Waals surface area contributed by atoms with Crippen molar-refractivity contribution in [3.05, 3.63) is 11.6 Å². The molecule has 1 rings (SSSR count). The van der Waals surface area contributed by atoms with Crippen molar-refractivity contribution in [2.45, 2.75) is 31.2 Å². The molecular formula is C9H15Cl2N. The van der Waals surface area contributed by atoms with Crippen molar-refractivity contribution < 1.29 is 0 Å². The van der Waals surface area contributed by atoms with Crippen molar-refractivity contribution in [3.63, 3.8) is 0 Å². The highest BCUT2D eigenvalue weighted by molar-refractivity contribution is 6.25. The van der Waals surface area contributed by atoms with Crippen LogP contribution in [0.3, 0.4) is 0 Å². The highest BCUT2D eigenvalue weighted by atomic mass is 35.5. The van der Waals surface area contributed by atoms with Gasteiger partial charge in [-0.25, -0.2) is 0 Å². The molecule has 1 aliphatic rings. The smallest absolute Gasteiger partial charge is 0.0464 e. The van der Waals surface area contributed by atoms with Gasteiger partial charge in [-0.3, -0.25) is 4.90 Å². The number of likely N-dealkylation sites (tertiary alicyclic amines) is 1. The van der Waals surface area contributed by atoms with Gasteiger partial charge in [-0.15, -0.1) is 11.6 Å². The zero-order chi connectivity index (χ0) is 8.97. The van der Waals surface area contributed by atoms with E-state index in [1.807, 2.05) is 6.08 Å². The van der Waals surface area contributed by atoms with Crippen molar-refractivity contribution in [3.8, 4) is 0 Å². The summed E-state index contributed by atoms with van der Waals surface area (Å²) in [5.74, 6) is 0. The van der Waals surface area contributed by atoms with Gasteiger partial charge in [0.05, 0.1) is 0 Å². The fraction of sp³-hybridized carbons (Fsp3) is 0.778. The lowest BCUT2D eigenvalue weighted by atomic mass is 10.0. The number of nitrogens with zero attached hydrogens (tertiary/aromatic N) is 1. The van der Waals surface area contributed by atoms with E-state index in [4.69, 9.17) is 23.2 Å². The highest BCUT2D eigenvalue weighted by Gasteiger charge is 2.22. The number of hydrogen-bond donors (Lipinski definition) is 0. The molecular weight excluding hydrogens is 193 g/mol. The van der Waals surface area contributed by atoms with Gasteiger partial charge >= 0.3 is 0 Å². The molecule has 0 spiro atoms. The zero-order valence-electron chi connectivity index (χ0n) is 7.34. The summed E-state index contributed by atoms with van der Waals surface area (Å²) in [6.07, 6.45) is 4.31. The number of halogens is 2. The monoisotopic (exact) mass is 207 g/mol. The Morgan fingerprint density at radius 3 is 2.92 bits per heavy atom. The lowest BCUT2D eigenvalue weighted by Gasteiger charge is -2.34. The van der Waals surface area contributed by atoms with Gasteiger partial charge < -0.3 is 0 Å². The predicted molar refractivity (Wildman–Crippen MR) is 54.9 cm³/mol. The predicted octanol–water partition coefficient (Wildman–Crippen LogP) is 2.83. The zero-order valence-corrected chi connectivity index (χ0v) is 8.85. The molecule has 3 heteroatoms. The van der Waals surface area contributed by atoms with Crippen LogP contribution in [0.4, 0.5) is 0 Å². The first-order valence-electron chi connectivity index (χ1n) is 4.37. The van der Waals surface area contributed by atoms with Gasteiger partial charge in [0.2, 0.25) is 0 Å². The first-order valence-corrected chi connectivity index (χ1v) is 5.24. The van der Waals surface area contributed by atoms with Crippen molar-refractivity contribution in [2.75, 3.05) is 13.1 Å². The summed E-state index contributed by atoms with van der Waals surface area (Å²) >= 11 is 11.5. The summed E-state index contributed by atoms with van der Waals surface area (Å²) in [5, 5.41) is 0.324.